The largest absolute Gasteiger partial charge is 0.484 e. The molecule has 1 heterocycles. The normalized spacial score (nSPS) is 17.0. The zero-order valence-electron chi connectivity index (χ0n) is 14.7. The fourth-order valence-corrected chi connectivity index (χ4v) is 3.04. The van der Waals surface area contributed by atoms with Gasteiger partial charge in [0, 0.05) is 29.7 Å². The van der Waals surface area contributed by atoms with E-state index in [1.165, 1.54) is 12.1 Å². The molecule has 1 saturated heterocycles. The molecular formula is C20H20ClF2NO3. The molecule has 144 valence electrons. The van der Waals surface area contributed by atoms with Crippen LogP contribution in [0.5, 0.6) is 5.75 Å². The minimum Gasteiger partial charge on any atom is -0.484 e. The van der Waals surface area contributed by atoms with Crippen LogP contribution in [0.2, 0.25) is 5.02 Å². The molecule has 7 heteroatoms. The van der Waals surface area contributed by atoms with E-state index in [1.54, 1.807) is 29.2 Å². The van der Waals surface area contributed by atoms with Gasteiger partial charge >= 0.3 is 0 Å². The van der Waals surface area contributed by atoms with Crippen LogP contribution < -0.4 is 4.74 Å². The molecule has 4 nitrogen and oxygen atoms in total. The molecule has 1 aliphatic heterocycles. The number of carbonyl (C=O) groups excluding carboxylic acids is 1. The first-order valence-electron chi connectivity index (χ1n) is 8.73. The number of ether oxygens (including phenoxy) is 2. The average molecular weight is 396 g/mol. The number of carbonyl (C=O) groups is 1. The average Bonchev–Trinajstić information content (AvgIpc) is 2.67. The highest BCUT2D eigenvalue weighted by atomic mass is 35.5. The number of hydrogen-bond acceptors (Lipinski definition) is 3. The zero-order valence-corrected chi connectivity index (χ0v) is 15.4. The van der Waals surface area contributed by atoms with Crippen molar-refractivity contribution in [2.24, 2.45) is 0 Å². The Morgan fingerprint density at radius 2 is 1.96 bits per heavy atom. The molecule has 0 aromatic heterocycles. The maximum Gasteiger partial charge on any atom is 0.260 e. The third-order valence-electron chi connectivity index (χ3n) is 4.40. The minimum atomic E-state index is -0.630. The fourth-order valence-electron chi connectivity index (χ4n) is 2.91. The van der Waals surface area contributed by atoms with Crippen molar-refractivity contribution in [1.82, 2.24) is 4.90 Å². The van der Waals surface area contributed by atoms with Crippen LogP contribution in [-0.2, 0) is 16.1 Å². The lowest BCUT2D eigenvalue weighted by molar-refractivity contribution is -0.137. The Balaban J connectivity index is 1.48. The predicted octanol–water partition coefficient (Wildman–Crippen LogP) is 4.20. The smallest absolute Gasteiger partial charge is 0.260 e. The lowest BCUT2D eigenvalue weighted by Gasteiger charge is -2.32. The van der Waals surface area contributed by atoms with Crippen molar-refractivity contribution >= 4 is 17.5 Å². The van der Waals surface area contributed by atoms with Crippen LogP contribution in [0.15, 0.2) is 42.5 Å². The third-order valence-corrected chi connectivity index (χ3v) is 4.65. The summed E-state index contributed by atoms with van der Waals surface area (Å²) >= 11 is 5.82. The van der Waals surface area contributed by atoms with E-state index in [1.807, 2.05) is 0 Å². The summed E-state index contributed by atoms with van der Waals surface area (Å²) in [6.07, 6.45) is 1.39. The Kier molecular flexibility index (Phi) is 6.63. The van der Waals surface area contributed by atoms with Gasteiger partial charge in [-0.15, -0.1) is 0 Å². The summed E-state index contributed by atoms with van der Waals surface area (Å²) in [5, 5.41) is 0.599. The number of piperidine rings is 1. The lowest BCUT2D eigenvalue weighted by Crippen LogP contribution is -2.45. The molecule has 0 aliphatic carbocycles. The molecule has 1 aliphatic rings. The Morgan fingerprint density at radius 3 is 2.70 bits per heavy atom. The van der Waals surface area contributed by atoms with Gasteiger partial charge in [-0.25, -0.2) is 8.78 Å². The SMILES string of the molecule is O=C(COc1ccc(Cl)cc1)N1CCC[C@@H](OCc2ccc(F)cc2F)C1. The maximum absolute atomic E-state index is 13.7. The molecule has 2 aromatic carbocycles. The third kappa shape index (κ3) is 5.65. The minimum absolute atomic E-state index is 0.0418. The van der Waals surface area contributed by atoms with Crippen molar-refractivity contribution in [2.45, 2.75) is 25.6 Å². The van der Waals surface area contributed by atoms with Crippen LogP contribution in [0.25, 0.3) is 0 Å². The first-order valence-corrected chi connectivity index (χ1v) is 9.11. The summed E-state index contributed by atoms with van der Waals surface area (Å²) in [7, 11) is 0. The van der Waals surface area contributed by atoms with Crippen molar-refractivity contribution in [2.75, 3.05) is 19.7 Å². The van der Waals surface area contributed by atoms with E-state index in [-0.39, 0.29) is 25.2 Å². The monoisotopic (exact) mass is 395 g/mol. The van der Waals surface area contributed by atoms with E-state index in [0.29, 0.717) is 29.4 Å². The van der Waals surface area contributed by atoms with E-state index >= 15 is 0 Å². The standard InChI is InChI=1S/C20H20ClF2NO3/c21-15-4-7-17(8-5-15)27-13-20(25)24-9-1-2-18(11-24)26-12-14-3-6-16(22)10-19(14)23/h3-8,10,18H,1-2,9,11-13H2/t18-/m1/s1. The van der Waals surface area contributed by atoms with Crippen LogP contribution in [0.3, 0.4) is 0 Å². The molecule has 0 unspecified atom stereocenters. The second kappa shape index (κ2) is 9.15. The van der Waals surface area contributed by atoms with Crippen LogP contribution in [0.4, 0.5) is 8.78 Å². The van der Waals surface area contributed by atoms with E-state index in [9.17, 15) is 13.6 Å². The van der Waals surface area contributed by atoms with Crippen LogP contribution in [-0.4, -0.2) is 36.6 Å². The van der Waals surface area contributed by atoms with Gasteiger partial charge in [-0.05, 0) is 43.2 Å². The first kappa shape index (κ1) is 19.6. The molecule has 0 spiro atoms. The van der Waals surface area contributed by atoms with Crippen molar-refractivity contribution in [3.8, 4) is 5.75 Å². The van der Waals surface area contributed by atoms with Gasteiger partial charge in [-0.1, -0.05) is 17.7 Å². The number of amides is 1. The van der Waals surface area contributed by atoms with Gasteiger partial charge in [0.2, 0.25) is 0 Å². The first-order chi connectivity index (χ1) is 13.0. The van der Waals surface area contributed by atoms with Gasteiger partial charge in [0.1, 0.15) is 17.4 Å². The molecule has 0 bridgehead atoms. The second-order valence-corrected chi connectivity index (χ2v) is 6.83. The molecule has 1 amide bonds. The molecule has 1 atom stereocenters. The van der Waals surface area contributed by atoms with Crippen LogP contribution >= 0.6 is 11.6 Å². The van der Waals surface area contributed by atoms with E-state index in [2.05, 4.69) is 0 Å². The van der Waals surface area contributed by atoms with Crippen LogP contribution in [0, 0.1) is 11.6 Å². The molecular weight excluding hydrogens is 376 g/mol. The number of rotatable bonds is 6. The predicted molar refractivity (Wildman–Crippen MR) is 97.7 cm³/mol. The summed E-state index contributed by atoms with van der Waals surface area (Å²) in [4.78, 5) is 14.1. The zero-order chi connectivity index (χ0) is 19.2. The second-order valence-electron chi connectivity index (χ2n) is 6.39. The van der Waals surface area contributed by atoms with Gasteiger partial charge in [0.05, 0.1) is 12.7 Å². The topological polar surface area (TPSA) is 38.8 Å². The number of hydrogen-bond donors (Lipinski definition) is 0. The molecule has 3 rings (SSSR count). The van der Waals surface area contributed by atoms with Crippen molar-refractivity contribution in [1.29, 1.82) is 0 Å². The van der Waals surface area contributed by atoms with E-state index in [0.717, 1.165) is 18.9 Å². The number of nitrogens with zero attached hydrogens (tertiary/aromatic N) is 1. The van der Waals surface area contributed by atoms with Gasteiger partial charge in [-0.3, -0.25) is 4.79 Å². The summed E-state index contributed by atoms with van der Waals surface area (Å²) in [5.41, 5.74) is 0.297. The summed E-state index contributed by atoms with van der Waals surface area (Å²) < 4.78 is 37.9. The molecule has 0 radical (unpaired) electrons. The highest BCUT2D eigenvalue weighted by molar-refractivity contribution is 6.30. The lowest BCUT2D eigenvalue weighted by atomic mass is 10.1. The summed E-state index contributed by atoms with van der Waals surface area (Å²) in [6.45, 7) is 1.03. The van der Waals surface area contributed by atoms with Crippen molar-refractivity contribution in [3.05, 3.63) is 64.7 Å². The van der Waals surface area contributed by atoms with Crippen LogP contribution in [0.1, 0.15) is 18.4 Å². The molecule has 2 aromatic rings. The molecule has 1 fully saturated rings. The quantitative estimate of drug-likeness (QED) is 0.735. The van der Waals surface area contributed by atoms with Crippen molar-refractivity contribution < 1.29 is 23.0 Å². The van der Waals surface area contributed by atoms with E-state index in [4.69, 9.17) is 21.1 Å². The van der Waals surface area contributed by atoms with E-state index < -0.39 is 11.6 Å². The molecule has 0 N–H and O–H groups in total. The van der Waals surface area contributed by atoms with Crippen molar-refractivity contribution in [3.63, 3.8) is 0 Å². The molecule has 27 heavy (non-hydrogen) atoms. The highest BCUT2D eigenvalue weighted by Gasteiger charge is 2.24. The Hall–Kier alpha value is -2.18. The fraction of sp³-hybridized carbons (Fsp3) is 0.350. The number of benzene rings is 2. The highest BCUT2D eigenvalue weighted by Crippen LogP contribution is 2.19. The Morgan fingerprint density at radius 1 is 1.19 bits per heavy atom. The Labute approximate surface area is 161 Å². The van der Waals surface area contributed by atoms with Gasteiger partial charge in [-0.2, -0.15) is 0 Å². The maximum atomic E-state index is 13.7. The molecule has 0 saturated carbocycles. The van der Waals surface area contributed by atoms with Gasteiger partial charge in [0.15, 0.2) is 6.61 Å². The Bertz CT molecular complexity index is 785. The van der Waals surface area contributed by atoms with Gasteiger partial charge in [0.25, 0.3) is 5.91 Å². The number of likely N-dealkylation sites (tertiary alicyclic amines) is 1. The van der Waals surface area contributed by atoms with Gasteiger partial charge < -0.3 is 14.4 Å². The summed E-state index contributed by atoms with van der Waals surface area (Å²) in [6, 6.07) is 10.2. The summed E-state index contributed by atoms with van der Waals surface area (Å²) in [5.74, 6) is -0.808. The number of halogens is 3.